The quantitative estimate of drug-likeness (QED) is 0.101. The molecule has 9 atom stereocenters. The van der Waals surface area contributed by atoms with Gasteiger partial charge in [0.1, 0.15) is 5.60 Å². The monoisotopic (exact) mass is 617 g/mol. The number of aliphatic imine (C=N–C) groups is 1. The molecule has 10 nitrogen and oxygen atoms in total. The minimum absolute atomic E-state index is 0.00799. The molecular formula is C34H59N5O5. The fraction of sp³-hybridized carbons (Fsp3) is 0.882. The van der Waals surface area contributed by atoms with Crippen molar-refractivity contribution in [2.24, 2.45) is 45.2 Å². The summed E-state index contributed by atoms with van der Waals surface area (Å²) >= 11 is 0. The van der Waals surface area contributed by atoms with Gasteiger partial charge in [-0.1, -0.05) is 26.3 Å². The molecule has 2 bridgehead atoms. The Morgan fingerprint density at radius 2 is 2.02 bits per heavy atom. The molecule has 0 aromatic heterocycles. The van der Waals surface area contributed by atoms with Gasteiger partial charge < -0.3 is 41.2 Å². The fourth-order valence-electron chi connectivity index (χ4n) is 10.6. The number of carbonyl (C=O) groups is 1. The van der Waals surface area contributed by atoms with E-state index in [0.717, 1.165) is 88.0 Å². The van der Waals surface area contributed by atoms with Gasteiger partial charge in [0.05, 0.1) is 38.4 Å². The van der Waals surface area contributed by atoms with E-state index in [1.165, 1.54) is 0 Å². The standard InChI is InChI=1S/C34H59N5O5/c1-22(2)10-12-38-26-6-5-7-27(17-26)44-21-32(43)19-33-23(3)8-9-24(16-28(33)29(32)30(41)42)34(33)20-39(31(35)36-4)14-11-25(34)18-37-13-15-40/h22-27,37-38,40,43H,5-21H2,1-4H3,(H2,35,36)(H,41,42). The highest BCUT2D eigenvalue weighted by atomic mass is 16.5. The van der Waals surface area contributed by atoms with Crippen LogP contribution in [0.3, 0.4) is 0 Å². The molecule has 1 saturated heterocycles. The number of nitrogens with zero attached hydrogens (tertiary/aromatic N) is 1. The molecule has 44 heavy (non-hydrogen) atoms. The second-order valence-electron chi connectivity index (χ2n) is 15.2. The first-order valence-electron chi connectivity index (χ1n) is 17.4. The van der Waals surface area contributed by atoms with Crippen LogP contribution >= 0.6 is 0 Å². The average molecular weight is 618 g/mol. The molecule has 0 radical (unpaired) electrons. The first-order chi connectivity index (χ1) is 21.0. The molecule has 2 spiro atoms. The number of rotatable bonds is 12. The van der Waals surface area contributed by atoms with Gasteiger partial charge in [-0.05, 0) is 94.5 Å². The molecule has 4 aliphatic carbocycles. The van der Waals surface area contributed by atoms with Crippen molar-refractivity contribution in [1.82, 2.24) is 10.6 Å². The lowest BCUT2D eigenvalue weighted by Crippen LogP contribution is -3.19. The van der Waals surface area contributed by atoms with Gasteiger partial charge in [-0.3, -0.25) is 4.90 Å². The van der Waals surface area contributed by atoms with Gasteiger partial charge in [0.15, 0.2) is 0 Å². The van der Waals surface area contributed by atoms with Crippen molar-refractivity contribution < 1.29 is 29.8 Å². The number of carbonyl (C=O) groups excluding carboxylic acids is 1. The highest BCUT2D eigenvalue weighted by molar-refractivity contribution is 5.90. The number of hydrogen-bond acceptors (Lipinski definition) is 8. The van der Waals surface area contributed by atoms with Crippen LogP contribution in [0.25, 0.3) is 0 Å². The van der Waals surface area contributed by atoms with E-state index in [1.807, 2.05) is 0 Å². The van der Waals surface area contributed by atoms with Gasteiger partial charge in [0.25, 0.3) is 5.96 Å². The van der Waals surface area contributed by atoms with E-state index < -0.39 is 17.0 Å². The number of hydrogen-bond donors (Lipinski definition) is 6. The lowest BCUT2D eigenvalue weighted by Gasteiger charge is -2.60. The summed E-state index contributed by atoms with van der Waals surface area (Å²) in [4.78, 5) is 18.6. The van der Waals surface area contributed by atoms with Crippen molar-refractivity contribution in [3.63, 3.8) is 0 Å². The van der Waals surface area contributed by atoms with Crippen LogP contribution in [0, 0.1) is 34.5 Å². The maximum atomic E-state index is 13.0. The Morgan fingerprint density at radius 3 is 2.73 bits per heavy atom. The number of carboxylic acids is 1. The second kappa shape index (κ2) is 13.7. The molecule has 0 amide bonds. The van der Waals surface area contributed by atoms with E-state index in [2.05, 4.69) is 36.4 Å². The Labute approximate surface area is 264 Å². The Bertz CT molecular complexity index is 1100. The molecule has 0 aromatic rings. The number of aliphatic hydroxyl groups is 2. The Morgan fingerprint density at radius 1 is 1.23 bits per heavy atom. The van der Waals surface area contributed by atoms with Crippen LogP contribution in [0.5, 0.6) is 0 Å². The smallest absolute Gasteiger partial charge is 0.293 e. The van der Waals surface area contributed by atoms with E-state index in [9.17, 15) is 20.1 Å². The van der Waals surface area contributed by atoms with Gasteiger partial charge in [0.2, 0.25) is 0 Å². The number of carboxylic acid groups (broad SMARTS) is 1. The minimum atomic E-state index is -1.60. The molecule has 1 aliphatic heterocycles. The molecule has 4 fully saturated rings. The van der Waals surface area contributed by atoms with Gasteiger partial charge in [-0.15, -0.1) is 0 Å². The zero-order valence-electron chi connectivity index (χ0n) is 27.6. The average Bonchev–Trinajstić information content (AvgIpc) is 3.34. The highest BCUT2D eigenvalue weighted by Gasteiger charge is 2.75. The summed E-state index contributed by atoms with van der Waals surface area (Å²) in [7, 11) is 1.74. The van der Waals surface area contributed by atoms with Crippen LogP contribution in [0.2, 0.25) is 0 Å². The fourth-order valence-corrected chi connectivity index (χ4v) is 10.6. The number of allylic oxidation sites excluding steroid dienone is 1. The normalized spacial score (nSPS) is 40.7. The molecule has 250 valence electrons. The molecule has 3 saturated carbocycles. The summed E-state index contributed by atoms with van der Waals surface area (Å²) in [6.45, 7) is 10.7. The first kappa shape index (κ1) is 33.8. The Kier molecular flexibility index (Phi) is 10.5. The Balaban J connectivity index is 1.45. The third-order valence-electron chi connectivity index (χ3n) is 12.5. The van der Waals surface area contributed by atoms with Crippen LogP contribution in [-0.4, -0.2) is 92.9 Å². The van der Waals surface area contributed by atoms with E-state index in [4.69, 9.17) is 10.5 Å². The van der Waals surface area contributed by atoms with E-state index in [-0.39, 0.29) is 42.1 Å². The number of quaternary nitrogens is 1. The van der Waals surface area contributed by atoms with Gasteiger partial charge in [-0.25, -0.2) is 4.99 Å². The number of ether oxygens (including phenoxy) is 1. The lowest BCUT2D eigenvalue weighted by atomic mass is 9.45. The summed E-state index contributed by atoms with van der Waals surface area (Å²) < 4.78 is 6.50. The van der Waals surface area contributed by atoms with Crippen molar-refractivity contribution in [2.75, 3.05) is 53.0 Å². The first-order valence-corrected chi connectivity index (χ1v) is 17.4. The molecule has 9 unspecified atom stereocenters. The van der Waals surface area contributed by atoms with Crippen LogP contribution in [0.1, 0.15) is 85.0 Å². The molecule has 5 rings (SSSR count). The van der Waals surface area contributed by atoms with Crippen molar-refractivity contribution >= 4 is 11.9 Å². The Hall–Kier alpha value is -1.56. The van der Waals surface area contributed by atoms with Crippen LogP contribution in [0.4, 0.5) is 0 Å². The summed E-state index contributed by atoms with van der Waals surface area (Å²) in [5, 5.41) is 42.2. The number of aliphatic hydroxyl groups excluding tert-OH is 1. The zero-order chi connectivity index (χ0) is 31.7. The molecular weight excluding hydrogens is 558 g/mol. The molecule has 0 aromatic carbocycles. The number of nitrogens with two attached hydrogens (primary N) is 1. The number of likely N-dealkylation sites (tertiary alicyclic amines) is 1. The molecule has 10 heteroatoms. The van der Waals surface area contributed by atoms with Crippen molar-refractivity contribution in [3.8, 4) is 0 Å². The van der Waals surface area contributed by atoms with Crippen LogP contribution < -0.4 is 26.4 Å². The van der Waals surface area contributed by atoms with Crippen molar-refractivity contribution in [2.45, 2.75) is 103 Å². The third-order valence-corrected chi connectivity index (χ3v) is 12.5. The maximum Gasteiger partial charge on any atom is 0.293 e. The second-order valence-corrected chi connectivity index (χ2v) is 15.2. The summed E-state index contributed by atoms with van der Waals surface area (Å²) in [6.07, 6.45) is 9.10. The predicted molar refractivity (Wildman–Crippen MR) is 169 cm³/mol. The van der Waals surface area contributed by atoms with Gasteiger partial charge in [0, 0.05) is 42.5 Å². The lowest BCUT2D eigenvalue weighted by molar-refractivity contribution is -0.828. The highest BCUT2D eigenvalue weighted by Crippen LogP contribution is 2.76. The number of piperidine rings is 1. The number of aliphatic carboxylic acids is 1. The van der Waals surface area contributed by atoms with Gasteiger partial charge in [-0.2, -0.15) is 0 Å². The van der Waals surface area contributed by atoms with E-state index in [1.54, 1.807) is 7.05 Å². The summed E-state index contributed by atoms with van der Waals surface area (Å²) in [5.74, 6) is 0.752. The third kappa shape index (κ3) is 5.88. The number of nitrogens with one attached hydrogen (secondary N) is 3. The minimum Gasteiger partial charge on any atom is -0.545 e. The maximum absolute atomic E-state index is 13.0. The van der Waals surface area contributed by atoms with Crippen molar-refractivity contribution in [1.29, 1.82) is 0 Å². The number of guanidine groups is 1. The van der Waals surface area contributed by atoms with Crippen LogP contribution in [-0.2, 0) is 9.53 Å². The molecule has 7 N–H and O–H groups in total. The molecule has 1 heterocycles. The predicted octanol–water partition coefficient (Wildman–Crippen LogP) is -0.0150. The zero-order valence-corrected chi connectivity index (χ0v) is 27.6. The largest absolute Gasteiger partial charge is 0.545 e. The summed E-state index contributed by atoms with van der Waals surface area (Å²) in [5.41, 5.74) is 5.15. The SMILES string of the molecule is CN=C(N)[NH+]1CCC(CNCCO)C2(C1)C1CCC(C)C23CC(O)(COC2CCCC(NCCC(C)C)C2)C(C(=O)[O-])=C3C1. The van der Waals surface area contributed by atoms with Crippen molar-refractivity contribution in [3.05, 3.63) is 11.1 Å². The van der Waals surface area contributed by atoms with Crippen LogP contribution in [0.15, 0.2) is 16.1 Å². The van der Waals surface area contributed by atoms with E-state index >= 15 is 0 Å². The topological polar surface area (TPSA) is 157 Å². The van der Waals surface area contributed by atoms with Gasteiger partial charge >= 0.3 is 0 Å². The summed E-state index contributed by atoms with van der Waals surface area (Å²) in [6, 6.07) is 0.388. The van der Waals surface area contributed by atoms with E-state index in [0.29, 0.717) is 43.2 Å². The molecule has 5 aliphatic rings.